The van der Waals surface area contributed by atoms with Crippen LogP contribution in [-0.4, -0.2) is 23.3 Å². The van der Waals surface area contributed by atoms with Gasteiger partial charge in [-0.05, 0) is 24.6 Å². The molecule has 20 heavy (non-hydrogen) atoms. The van der Waals surface area contributed by atoms with Crippen LogP contribution in [-0.2, 0) is 17.8 Å². The van der Waals surface area contributed by atoms with Gasteiger partial charge >= 0.3 is 0 Å². The van der Waals surface area contributed by atoms with Gasteiger partial charge in [-0.2, -0.15) is 0 Å². The van der Waals surface area contributed by atoms with Gasteiger partial charge in [-0.15, -0.1) is 0 Å². The lowest BCUT2D eigenvalue weighted by Crippen LogP contribution is -2.21. The summed E-state index contributed by atoms with van der Waals surface area (Å²) in [6.07, 6.45) is 3.64. The number of hydrogen-bond donors (Lipinski definition) is 1. The van der Waals surface area contributed by atoms with Crippen molar-refractivity contribution in [2.75, 3.05) is 19.0 Å². The molecule has 2 aromatic rings. The van der Waals surface area contributed by atoms with E-state index in [-0.39, 0.29) is 5.56 Å². The molecule has 0 aromatic carbocycles. The molecule has 0 spiro atoms. The molecule has 0 radical (unpaired) electrons. The van der Waals surface area contributed by atoms with Crippen LogP contribution in [0.25, 0.3) is 0 Å². The first-order chi connectivity index (χ1) is 9.69. The Balaban J connectivity index is 2.02. The molecular weight excluding hydrogens is 254 g/mol. The van der Waals surface area contributed by atoms with E-state index in [1.165, 1.54) is 0 Å². The molecule has 0 aliphatic carbocycles. The first kappa shape index (κ1) is 14.3. The van der Waals surface area contributed by atoms with Crippen LogP contribution in [0.2, 0.25) is 0 Å². The molecule has 106 valence electrons. The quantitative estimate of drug-likeness (QED) is 0.872. The van der Waals surface area contributed by atoms with E-state index in [0.29, 0.717) is 19.7 Å². The van der Waals surface area contributed by atoms with Crippen molar-refractivity contribution in [2.45, 2.75) is 20.0 Å². The van der Waals surface area contributed by atoms with Gasteiger partial charge in [0.05, 0.1) is 24.5 Å². The van der Waals surface area contributed by atoms with E-state index >= 15 is 0 Å². The smallest absolute Gasteiger partial charge is 0.250 e. The second-order valence-corrected chi connectivity index (χ2v) is 4.62. The van der Waals surface area contributed by atoms with Crippen molar-refractivity contribution in [3.8, 4) is 0 Å². The Morgan fingerprint density at radius 2 is 2.15 bits per heavy atom. The number of pyridine rings is 2. The SMILES string of the molecule is COCCn1cc(NCc2ccc(C)cn2)ccc1=O. The van der Waals surface area contributed by atoms with Crippen LogP contribution in [0, 0.1) is 6.92 Å². The third-order valence-corrected chi connectivity index (χ3v) is 2.97. The van der Waals surface area contributed by atoms with Gasteiger partial charge in [0.15, 0.2) is 0 Å². The Labute approximate surface area is 118 Å². The molecule has 2 heterocycles. The topological polar surface area (TPSA) is 56.1 Å². The van der Waals surface area contributed by atoms with Crippen molar-refractivity contribution >= 4 is 5.69 Å². The molecule has 0 bridgehead atoms. The lowest BCUT2D eigenvalue weighted by molar-refractivity contribution is 0.186. The number of aryl methyl sites for hydroxylation is 1. The summed E-state index contributed by atoms with van der Waals surface area (Å²) < 4.78 is 6.62. The number of anilines is 1. The van der Waals surface area contributed by atoms with Gasteiger partial charge in [-0.1, -0.05) is 6.07 Å². The van der Waals surface area contributed by atoms with Crippen molar-refractivity contribution in [2.24, 2.45) is 0 Å². The van der Waals surface area contributed by atoms with E-state index in [1.807, 2.05) is 25.3 Å². The number of aromatic nitrogens is 2. The van der Waals surface area contributed by atoms with Crippen LogP contribution >= 0.6 is 0 Å². The maximum Gasteiger partial charge on any atom is 0.250 e. The maximum absolute atomic E-state index is 11.7. The zero-order valence-corrected chi connectivity index (χ0v) is 11.8. The van der Waals surface area contributed by atoms with Crippen molar-refractivity contribution in [3.05, 3.63) is 58.3 Å². The summed E-state index contributed by atoms with van der Waals surface area (Å²) in [5, 5.41) is 3.26. The van der Waals surface area contributed by atoms with Gasteiger partial charge in [0, 0.05) is 32.1 Å². The molecule has 0 saturated heterocycles. The first-order valence-electron chi connectivity index (χ1n) is 6.54. The van der Waals surface area contributed by atoms with Crippen LogP contribution < -0.4 is 10.9 Å². The van der Waals surface area contributed by atoms with Gasteiger partial charge in [0.2, 0.25) is 0 Å². The van der Waals surface area contributed by atoms with Gasteiger partial charge < -0.3 is 14.6 Å². The highest BCUT2D eigenvalue weighted by atomic mass is 16.5. The Bertz CT molecular complexity index is 605. The fraction of sp³-hybridized carbons (Fsp3) is 0.333. The van der Waals surface area contributed by atoms with Gasteiger partial charge in [0.25, 0.3) is 5.56 Å². The Hall–Kier alpha value is -2.14. The van der Waals surface area contributed by atoms with Crippen LogP contribution in [0.4, 0.5) is 5.69 Å². The molecular formula is C15H19N3O2. The lowest BCUT2D eigenvalue weighted by Gasteiger charge is -2.10. The number of nitrogens with zero attached hydrogens (tertiary/aromatic N) is 2. The summed E-state index contributed by atoms with van der Waals surface area (Å²) in [4.78, 5) is 16.0. The number of rotatable bonds is 6. The molecule has 0 unspecified atom stereocenters. The average Bonchev–Trinajstić information content (AvgIpc) is 2.46. The average molecular weight is 273 g/mol. The fourth-order valence-electron chi connectivity index (χ4n) is 1.80. The van der Waals surface area contributed by atoms with Crippen LogP contribution in [0.3, 0.4) is 0 Å². The van der Waals surface area contributed by atoms with E-state index < -0.39 is 0 Å². The molecule has 0 amide bonds. The number of ether oxygens (including phenoxy) is 1. The molecule has 1 N–H and O–H groups in total. The molecule has 5 heteroatoms. The minimum Gasteiger partial charge on any atom is -0.383 e. The monoisotopic (exact) mass is 273 g/mol. The highest BCUT2D eigenvalue weighted by molar-refractivity contribution is 5.40. The summed E-state index contributed by atoms with van der Waals surface area (Å²) in [6, 6.07) is 7.35. The Kier molecular flexibility index (Phi) is 4.90. The van der Waals surface area contributed by atoms with Crippen LogP contribution in [0.15, 0.2) is 41.5 Å². The van der Waals surface area contributed by atoms with E-state index in [4.69, 9.17) is 4.74 Å². The van der Waals surface area contributed by atoms with Crippen molar-refractivity contribution in [3.63, 3.8) is 0 Å². The zero-order chi connectivity index (χ0) is 14.4. The highest BCUT2D eigenvalue weighted by Crippen LogP contribution is 2.06. The van der Waals surface area contributed by atoms with E-state index in [9.17, 15) is 4.79 Å². The van der Waals surface area contributed by atoms with Gasteiger partial charge in [0.1, 0.15) is 0 Å². The number of nitrogens with one attached hydrogen (secondary N) is 1. The lowest BCUT2D eigenvalue weighted by atomic mass is 10.2. The third kappa shape index (κ3) is 3.93. The molecule has 0 atom stereocenters. The first-order valence-corrected chi connectivity index (χ1v) is 6.54. The standard InChI is InChI=1S/C15H19N3O2/c1-12-3-4-13(16-9-12)10-17-14-5-6-15(19)18(11-14)7-8-20-2/h3-6,9,11,17H,7-8,10H2,1-2H3. The minimum atomic E-state index is -0.0268. The number of hydrogen-bond acceptors (Lipinski definition) is 4. The van der Waals surface area contributed by atoms with E-state index in [2.05, 4.69) is 10.3 Å². The second kappa shape index (κ2) is 6.86. The molecule has 5 nitrogen and oxygen atoms in total. The van der Waals surface area contributed by atoms with Crippen molar-refractivity contribution in [1.82, 2.24) is 9.55 Å². The third-order valence-electron chi connectivity index (χ3n) is 2.97. The second-order valence-electron chi connectivity index (χ2n) is 4.62. The molecule has 0 saturated carbocycles. The van der Waals surface area contributed by atoms with Crippen LogP contribution in [0.1, 0.15) is 11.3 Å². The zero-order valence-electron chi connectivity index (χ0n) is 11.8. The van der Waals surface area contributed by atoms with Gasteiger partial charge in [-0.25, -0.2) is 0 Å². The van der Waals surface area contributed by atoms with E-state index in [1.54, 1.807) is 30.0 Å². The van der Waals surface area contributed by atoms with Crippen molar-refractivity contribution < 1.29 is 4.74 Å². The normalized spacial score (nSPS) is 10.5. The Morgan fingerprint density at radius 3 is 2.85 bits per heavy atom. The van der Waals surface area contributed by atoms with E-state index in [0.717, 1.165) is 16.9 Å². The predicted molar refractivity (Wildman–Crippen MR) is 78.9 cm³/mol. The summed E-state index contributed by atoms with van der Waals surface area (Å²) in [5.41, 5.74) is 2.97. The minimum absolute atomic E-state index is 0.0268. The Morgan fingerprint density at radius 1 is 1.30 bits per heavy atom. The largest absolute Gasteiger partial charge is 0.383 e. The van der Waals surface area contributed by atoms with Crippen LogP contribution in [0.5, 0.6) is 0 Å². The van der Waals surface area contributed by atoms with Crippen molar-refractivity contribution in [1.29, 1.82) is 0 Å². The summed E-state index contributed by atoms with van der Waals surface area (Å²) in [5.74, 6) is 0. The molecule has 0 aliphatic heterocycles. The summed E-state index contributed by atoms with van der Waals surface area (Å²) >= 11 is 0. The maximum atomic E-state index is 11.7. The molecule has 2 rings (SSSR count). The fourth-order valence-corrected chi connectivity index (χ4v) is 1.80. The molecule has 0 fully saturated rings. The summed E-state index contributed by atoms with van der Waals surface area (Å²) in [7, 11) is 1.62. The molecule has 0 aliphatic rings. The highest BCUT2D eigenvalue weighted by Gasteiger charge is 1.99. The molecule has 2 aromatic heterocycles. The number of methoxy groups -OCH3 is 1. The predicted octanol–water partition coefficient (Wildman–Crippen LogP) is 1.81. The van der Waals surface area contributed by atoms with Gasteiger partial charge in [-0.3, -0.25) is 9.78 Å². The summed E-state index contributed by atoms with van der Waals surface area (Å²) in [6.45, 7) is 3.70.